The summed E-state index contributed by atoms with van der Waals surface area (Å²) in [6.07, 6.45) is 1.44. The number of benzene rings is 1. The van der Waals surface area contributed by atoms with Crippen LogP contribution in [0.15, 0.2) is 12.1 Å². The number of hydrogen-bond acceptors (Lipinski definition) is 4. The molecule has 0 spiro atoms. The van der Waals surface area contributed by atoms with Gasteiger partial charge < -0.3 is 20.3 Å². The lowest BCUT2D eigenvalue weighted by Crippen LogP contribution is -2.01. The first kappa shape index (κ1) is 11.7. The Bertz CT molecular complexity index is 326. The molecule has 1 aromatic rings. The van der Waals surface area contributed by atoms with E-state index < -0.39 is 0 Å². The van der Waals surface area contributed by atoms with Crippen molar-refractivity contribution in [3.8, 4) is 11.5 Å². The van der Waals surface area contributed by atoms with Crippen LogP contribution in [0.2, 0.25) is 0 Å². The van der Waals surface area contributed by atoms with Crippen molar-refractivity contribution in [3.05, 3.63) is 17.7 Å². The third kappa shape index (κ3) is 2.53. The van der Waals surface area contributed by atoms with E-state index >= 15 is 0 Å². The Hall–Kier alpha value is -1.42. The molecule has 3 N–H and O–H groups in total. The molecule has 0 aliphatic rings. The summed E-state index contributed by atoms with van der Waals surface area (Å²) in [4.78, 5) is 0. The van der Waals surface area contributed by atoms with Gasteiger partial charge in [-0.05, 0) is 24.5 Å². The van der Waals surface area contributed by atoms with Gasteiger partial charge in [0.1, 0.15) is 17.2 Å². The molecule has 0 aliphatic heterocycles. The second kappa shape index (κ2) is 5.46. The number of methoxy groups -OCH3 is 2. The predicted molar refractivity (Wildman–Crippen MR) is 59.4 cm³/mol. The van der Waals surface area contributed by atoms with Crippen LogP contribution >= 0.6 is 0 Å². The summed E-state index contributed by atoms with van der Waals surface area (Å²) in [7, 11) is 3.14. The number of aliphatic hydroxyl groups is 1. The van der Waals surface area contributed by atoms with Gasteiger partial charge >= 0.3 is 0 Å². The van der Waals surface area contributed by atoms with Crippen LogP contribution in [0.1, 0.15) is 12.0 Å². The van der Waals surface area contributed by atoms with Crippen LogP contribution in [0.5, 0.6) is 11.5 Å². The monoisotopic (exact) mass is 211 g/mol. The molecule has 15 heavy (non-hydrogen) atoms. The lowest BCUT2D eigenvalue weighted by atomic mass is 10.1. The Morgan fingerprint density at radius 3 is 2.53 bits per heavy atom. The highest BCUT2D eigenvalue weighted by Gasteiger charge is 2.11. The average Bonchev–Trinajstić information content (AvgIpc) is 2.26. The number of nitrogens with two attached hydrogens (primary N) is 1. The average molecular weight is 211 g/mol. The second-order valence-corrected chi connectivity index (χ2v) is 3.20. The highest BCUT2D eigenvalue weighted by molar-refractivity contribution is 5.65. The first-order valence-electron chi connectivity index (χ1n) is 4.84. The third-order valence-corrected chi connectivity index (χ3v) is 2.27. The maximum atomic E-state index is 8.76. The Labute approximate surface area is 89.6 Å². The van der Waals surface area contributed by atoms with Crippen molar-refractivity contribution in [2.75, 3.05) is 26.6 Å². The van der Waals surface area contributed by atoms with Crippen LogP contribution in [0, 0.1) is 0 Å². The van der Waals surface area contributed by atoms with Gasteiger partial charge in [-0.3, -0.25) is 0 Å². The van der Waals surface area contributed by atoms with E-state index in [4.69, 9.17) is 20.3 Å². The summed E-state index contributed by atoms with van der Waals surface area (Å²) in [5.41, 5.74) is 7.36. The standard InChI is InChI=1S/C11H17NO3/c1-14-9-6-5-8(4-3-7-13)11(15-2)10(9)12/h5-6,13H,3-4,7,12H2,1-2H3. The summed E-state index contributed by atoms with van der Waals surface area (Å²) in [5, 5.41) is 8.76. The van der Waals surface area contributed by atoms with Gasteiger partial charge in [-0.25, -0.2) is 0 Å². The Kier molecular flexibility index (Phi) is 4.24. The molecule has 0 saturated heterocycles. The highest BCUT2D eigenvalue weighted by Crippen LogP contribution is 2.35. The lowest BCUT2D eigenvalue weighted by Gasteiger charge is -2.13. The van der Waals surface area contributed by atoms with Gasteiger partial charge in [0.2, 0.25) is 0 Å². The van der Waals surface area contributed by atoms with Crippen molar-refractivity contribution in [2.45, 2.75) is 12.8 Å². The van der Waals surface area contributed by atoms with Crippen molar-refractivity contribution in [1.29, 1.82) is 0 Å². The number of aliphatic hydroxyl groups excluding tert-OH is 1. The van der Waals surface area contributed by atoms with E-state index in [0.29, 0.717) is 23.6 Å². The van der Waals surface area contributed by atoms with Crippen LogP contribution in [-0.2, 0) is 6.42 Å². The van der Waals surface area contributed by atoms with Gasteiger partial charge in [-0.1, -0.05) is 6.07 Å². The van der Waals surface area contributed by atoms with Gasteiger partial charge in [-0.2, -0.15) is 0 Å². The van der Waals surface area contributed by atoms with E-state index in [1.807, 2.05) is 12.1 Å². The molecule has 1 aromatic carbocycles. The van der Waals surface area contributed by atoms with Crippen molar-refractivity contribution in [1.82, 2.24) is 0 Å². The summed E-state index contributed by atoms with van der Waals surface area (Å²) in [5.74, 6) is 1.25. The molecule has 0 bridgehead atoms. The number of aryl methyl sites for hydroxylation is 1. The van der Waals surface area contributed by atoms with E-state index in [1.54, 1.807) is 14.2 Å². The van der Waals surface area contributed by atoms with Gasteiger partial charge in [0.15, 0.2) is 0 Å². The first-order chi connectivity index (χ1) is 7.24. The summed E-state index contributed by atoms with van der Waals surface area (Å²) in [6, 6.07) is 3.72. The molecule has 0 heterocycles. The quantitative estimate of drug-likeness (QED) is 0.718. The lowest BCUT2D eigenvalue weighted by molar-refractivity contribution is 0.287. The van der Waals surface area contributed by atoms with E-state index in [0.717, 1.165) is 12.0 Å². The number of ether oxygens (including phenoxy) is 2. The van der Waals surface area contributed by atoms with E-state index in [1.165, 1.54) is 0 Å². The summed E-state index contributed by atoms with van der Waals surface area (Å²) in [6.45, 7) is 0.162. The van der Waals surface area contributed by atoms with Gasteiger partial charge in [0, 0.05) is 6.61 Å². The predicted octanol–water partition coefficient (Wildman–Crippen LogP) is 1.21. The maximum Gasteiger partial charge on any atom is 0.148 e. The normalized spacial score (nSPS) is 10.1. The fourth-order valence-electron chi connectivity index (χ4n) is 1.51. The SMILES string of the molecule is COc1ccc(CCCO)c(OC)c1N. The molecular weight excluding hydrogens is 194 g/mol. The topological polar surface area (TPSA) is 64.7 Å². The minimum absolute atomic E-state index is 0.162. The molecule has 0 saturated carbocycles. The van der Waals surface area contributed by atoms with Crippen LogP contribution in [0.25, 0.3) is 0 Å². The first-order valence-corrected chi connectivity index (χ1v) is 4.84. The third-order valence-electron chi connectivity index (χ3n) is 2.27. The van der Waals surface area contributed by atoms with Gasteiger partial charge in [0.25, 0.3) is 0 Å². The minimum Gasteiger partial charge on any atom is -0.494 e. The molecular formula is C11H17NO3. The number of rotatable bonds is 5. The molecule has 0 aliphatic carbocycles. The van der Waals surface area contributed by atoms with E-state index in [-0.39, 0.29) is 6.61 Å². The second-order valence-electron chi connectivity index (χ2n) is 3.20. The fraction of sp³-hybridized carbons (Fsp3) is 0.455. The van der Waals surface area contributed by atoms with Crippen molar-refractivity contribution in [2.24, 2.45) is 0 Å². The number of anilines is 1. The molecule has 1 rings (SSSR count). The smallest absolute Gasteiger partial charge is 0.148 e. The van der Waals surface area contributed by atoms with E-state index in [2.05, 4.69) is 0 Å². The molecule has 0 atom stereocenters. The Balaban J connectivity index is 3.01. The van der Waals surface area contributed by atoms with Crippen molar-refractivity contribution in [3.63, 3.8) is 0 Å². The molecule has 84 valence electrons. The Morgan fingerprint density at radius 1 is 1.27 bits per heavy atom. The molecule has 4 heteroatoms. The zero-order valence-corrected chi connectivity index (χ0v) is 9.12. The minimum atomic E-state index is 0.162. The zero-order chi connectivity index (χ0) is 11.3. The van der Waals surface area contributed by atoms with Crippen LogP contribution in [0.4, 0.5) is 5.69 Å². The van der Waals surface area contributed by atoms with Gasteiger partial charge in [0.05, 0.1) is 14.2 Å². The largest absolute Gasteiger partial charge is 0.494 e. The number of nitrogen functional groups attached to an aromatic ring is 1. The molecule has 0 radical (unpaired) electrons. The zero-order valence-electron chi connectivity index (χ0n) is 9.12. The maximum absolute atomic E-state index is 8.76. The molecule has 0 unspecified atom stereocenters. The molecule has 4 nitrogen and oxygen atoms in total. The van der Waals surface area contributed by atoms with Crippen molar-refractivity contribution < 1.29 is 14.6 Å². The number of hydrogen-bond donors (Lipinski definition) is 2. The highest BCUT2D eigenvalue weighted by atomic mass is 16.5. The molecule has 0 amide bonds. The van der Waals surface area contributed by atoms with E-state index in [9.17, 15) is 0 Å². The fourth-order valence-corrected chi connectivity index (χ4v) is 1.51. The molecule has 0 aromatic heterocycles. The van der Waals surface area contributed by atoms with Crippen LogP contribution in [-0.4, -0.2) is 25.9 Å². The molecule has 0 fully saturated rings. The van der Waals surface area contributed by atoms with Crippen LogP contribution < -0.4 is 15.2 Å². The summed E-state index contributed by atoms with van der Waals surface area (Å²) < 4.78 is 10.3. The summed E-state index contributed by atoms with van der Waals surface area (Å²) >= 11 is 0. The Morgan fingerprint density at radius 2 is 2.00 bits per heavy atom. The van der Waals surface area contributed by atoms with Crippen LogP contribution in [0.3, 0.4) is 0 Å². The van der Waals surface area contributed by atoms with Crippen molar-refractivity contribution >= 4 is 5.69 Å². The van der Waals surface area contributed by atoms with Gasteiger partial charge in [-0.15, -0.1) is 0 Å².